The zero-order valence-electron chi connectivity index (χ0n) is 17.5. The molecule has 0 bridgehead atoms. The number of hydrogen-bond acceptors (Lipinski definition) is 3. The number of rotatable bonds is 5. The largest absolute Gasteiger partial charge is 0.573 e. The number of aliphatic imine (C=N–C) groups is 1. The quantitative estimate of drug-likeness (QED) is 0.349. The SMILES string of the molecule is CN=C(NC1CC1c1ccccc1OC(F)(F)F)N1CCC(Cc2cnn(C)c2)C1.I. The van der Waals surface area contributed by atoms with E-state index in [4.69, 9.17) is 0 Å². The molecule has 4 rings (SSSR count). The van der Waals surface area contributed by atoms with Crippen LogP contribution >= 0.6 is 24.0 Å². The molecule has 6 nitrogen and oxygen atoms in total. The lowest BCUT2D eigenvalue weighted by Gasteiger charge is -2.22. The number of ether oxygens (including phenoxy) is 1. The molecule has 10 heteroatoms. The maximum atomic E-state index is 12.7. The van der Waals surface area contributed by atoms with E-state index < -0.39 is 6.36 Å². The molecule has 2 aliphatic rings. The first kappa shape index (κ1) is 23.7. The molecule has 1 aliphatic heterocycles. The molecule has 170 valence electrons. The van der Waals surface area contributed by atoms with Crippen molar-refractivity contribution < 1.29 is 17.9 Å². The molecule has 1 aromatic heterocycles. The van der Waals surface area contributed by atoms with Gasteiger partial charge in [0.25, 0.3) is 0 Å². The van der Waals surface area contributed by atoms with Crippen LogP contribution in [0.5, 0.6) is 5.75 Å². The fourth-order valence-corrected chi connectivity index (χ4v) is 4.27. The summed E-state index contributed by atoms with van der Waals surface area (Å²) in [5, 5.41) is 7.66. The van der Waals surface area contributed by atoms with Crippen molar-refractivity contribution in [2.75, 3.05) is 20.1 Å². The van der Waals surface area contributed by atoms with Gasteiger partial charge in [-0.3, -0.25) is 9.67 Å². The number of likely N-dealkylation sites (tertiary alicyclic amines) is 1. The summed E-state index contributed by atoms with van der Waals surface area (Å²) in [5.41, 5.74) is 1.81. The number of nitrogens with zero attached hydrogens (tertiary/aromatic N) is 4. The number of para-hydroxylation sites is 1. The Balaban J connectivity index is 0.00000272. The lowest BCUT2D eigenvalue weighted by Crippen LogP contribution is -2.41. The van der Waals surface area contributed by atoms with Crippen LogP contribution in [0.1, 0.15) is 29.9 Å². The van der Waals surface area contributed by atoms with E-state index in [1.165, 1.54) is 11.6 Å². The van der Waals surface area contributed by atoms with Gasteiger partial charge in [-0.15, -0.1) is 37.1 Å². The molecule has 2 aromatic rings. The molecule has 0 amide bonds. The van der Waals surface area contributed by atoms with Crippen molar-refractivity contribution in [2.45, 2.75) is 37.6 Å². The van der Waals surface area contributed by atoms with Gasteiger partial charge in [-0.2, -0.15) is 5.10 Å². The number of nitrogens with one attached hydrogen (secondary N) is 1. The van der Waals surface area contributed by atoms with Gasteiger partial charge >= 0.3 is 6.36 Å². The Hall–Kier alpha value is -1.98. The van der Waals surface area contributed by atoms with Gasteiger partial charge in [0.1, 0.15) is 5.75 Å². The fourth-order valence-electron chi connectivity index (χ4n) is 4.27. The zero-order valence-corrected chi connectivity index (χ0v) is 19.8. The van der Waals surface area contributed by atoms with Crippen molar-refractivity contribution in [1.82, 2.24) is 20.0 Å². The Morgan fingerprint density at radius 2 is 2.10 bits per heavy atom. The predicted molar refractivity (Wildman–Crippen MR) is 123 cm³/mol. The third-order valence-electron chi connectivity index (χ3n) is 5.73. The summed E-state index contributed by atoms with van der Waals surface area (Å²) < 4.78 is 44.1. The first-order valence-corrected chi connectivity index (χ1v) is 10.1. The highest BCUT2D eigenvalue weighted by Gasteiger charge is 2.43. The van der Waals surface area contributed by atoms with E-state index >= 15 is 0 Å². The van der Waals surface area contributed by atoms with E-state index in [1.54, 1.807) is 25.2 Å². The van der Waals surface area contributed by atoms with Gasteiger partial charge in [0, 0.05) is 45.3 Å². The monoisotopic (exact) mass is 549 g/mol. The number of guanidine groups is 1. The van der Waals surface area contributed by atoms with Crippen LogP contribution in [0.25, 0.3) is 0 Å². The molecule has 0 spiro atoms. The van der Waals surface area contributed by atoms with Crippen LogP contribution in [0.3, 0.4) is 0 Å². The summed E-state index contributed by atoms with van der Waals surface area (Å²) in [6.45, 7) is 1.81. The molecule has 2 heterocycles. The summed E-state index contributed by atoms with van der Waals surface area (Å²) in [6.07, 6.45) is 2.07. The standard InChI is InChI=1S/C21H26F3N5O.HI/c1-25-20(29-8-7-14(13-29)9-15-11-26-28(2)12-15)27-18-10-17(18)16-5-3-4-6-19(16)30-21(22,23)24;/h3-6,11-12,14,17-18H,7-10,13H2,1-2H3,(H,25,27);1H. The highest BCUT2D eigenvalue weighted by molar-refractivity contribution is 14.0. The lowest BCUT2D eigenvalue weighted by atomic mass is 10.0. The van der Waals surface area contributed by atoms with Crippen LogP contribution in [0, 0.1) is 5.92 Å². The van der Waals surface area contributed by atoms with E-state index in [2.05, 4.69) is 25.0 Å². The summed E-state index contributed by atoms with van der Waals surface area (Å²) in [6, 6.07) is 6.43. The Morgan fingerprint density at radius 1 is 1.32 bits per heavy atom. The number of aryl methyl sites for hydroxylation is 1. The van der Waals surface area contributed by atoms with E-state index in [-0.39, 0.29) is 41.7 Å². The van der Waals surface area contributed by atoms with Crippen LogP contribution in [-0.2, 0) is 13.5 Å². The first-order chi connectivity index (χ1) is 14.3. The van der Waals surface area contributed by atoms with Crippen LogP contribution < -0.4 is 10.1 Å². The molecule has 3 atom stereocenters. The molecule has 1 N–H and O–H groups in total. The maximum Gasteiger partial charge on any atom is 0.573 e. The van der Waals surface area contributed by atoms with Crippen molar-refractivity contribution in [3.05, 3.63) is 47.8 Å². The fraction of sp³-hybridized carbons (Fsp3) is 0.524. The van der Waals surface area contributed by atoms with Crippen LogP contribution in [0.2, 0.25) is 0 Å². The topological polar surface area (TPSA) is 54.7 Å². The van der Waals surface area contributed by atoms with Gasteiger partial charge < -0.3 is 15.0 Å². The summed E-state index contributed by atoms with van der Waals surface area (Å²) in [7, 11) is 3.66. The second-order valence-corrected chi connectivity index (χ2v) is 8.05. The van der Waals surface area contributed by atoms with Crippen LogP contribution in [0.15, 0.2) is 41.7 Å². The van der Waals surface area contributed by atoms with Gasteiger partial charge in [-0.1, -0.05) is 18.2 Å². The number of benzene rings is 1. The van der Waals surface area contributed by atoms with Crippen molar-refractivity contribution in [1.29, 1.82) is 0 Å². The van der Waals surface area contributed by atoms with Crippen molar-refractivity contribution >= 4 is 29.9 Å². The normalized spacial score (nSPS) is 23.5. The minimum atomic E-state index is -4.69. The third-order valence-corrected chi connectivity index (χ3v) is 5.73. The minimum Gasteiger partial charge on any atom is -0.405 e. The van der Waals surface area contributed by atoms with Crippen LogP contribution in [0.4, 0.5) is 13.2 Å². The molecular formula is C21H27F3IN5O. The maximum absolute atomic E-state index is 12.7. The highest BCUT2D eigenvalue weighted by Crippen LogP contribution is 2.45. The Bertz CT molecular complexity index is 916. The number of halogens is 4. The smallest absolute Gasteiger partial charge is 0.405 e. The van der Waals surface area contributed by atoms with Crippen LogP contribution in [-0.4, -0.2) is 53.2 Å². The van der Waals surface area contributed by atoms with Gasteiger partial charge in [-0.25, -0.2) is 0 Å². The van der Waals surface area contributed by atoms with E-state index in [9.17, 15) is 13.2 Å². The molecular weight excluding hydrogens is 522 g/mol. The second kappa shape index (κ2) is 9.66. The molecule has 31 heavy (non-hydrogen) atoms. The van der Waals surface area contributed by atoms with Gasteiger partial charge in [0.15, 0.2) is 5.96 Å². The molecule has 1 saturated heterocycles. The highest BCUT2D eigenvalue weighted by atomic mass is 127. The predicted octanol–water partition coefficient (Wildman–Crippen LogP) is 3.93. The van der Waals surface area contributed by atoms with Gasteiger partial charge in [0.05, 0.1) is 6.20 Å². The van der Waals surface area contributed by atoms with E-state index in [0.717, 1.165) is 38.3 Å². The van der Waals surface area contributed by atoms with E-state index in [0.29, 0.717) is 11.5 Å². The molecule has 1 saturated carbocycles. The molecule has 1 aliphatic carbocycles. The van der Waals surface area contributed by atoms with Gasteiger partial charge in [0.2, 0.25) is 0 Å². The molecule has 0 radical (unpaired) electrons. The van der Waals surface area contributed by atoms with Crippen molar-refractivity contribution in [2.24, 2.45) is 18.0 Å². The summed E-state index contributed by atoms with van der Waals surface area (Å²) in [5.74, 6) is 1.20. The lowest BCUT2D eigenvalue weighted by molar-refractivity contribution is -0.274. The summed E-state index contributed by atoms with van der Waals surface area (Å²) in [4.78, 5) is 6.64. The minimum absolute atomic E-state index is 0. The Morgan fingerprint density at radius 3 is 2.77 bits per heavy atom. The molecule has 1 aromatic carbocycles. The zero-order chi connectivity index (χ0) is 21.3. The first-order valence-electron chi connectivity index (χ1n) is 10.1. The number of alkyl halides is 3. The third kappa shape index (κ3) is 6.05. The second-order valence-electron chi connectivity index (χ2n) is 8.05. The Labute approximate surface area is 196 Å². The number of aromatic nitrogens is 2. The van der Waals surface area contributed by atoms with Gasteiger partial charge in [-0.05, 0) is 42.4 Å². The van der Waals surface area contributed by atoms with E-state index in [1.807, 2.05) is 24.1 Å². The molecule has 3 unspecified atom stereocenters. The number of hydrogen-bond donors (Lipinski definition) is 1. The summed E-state index contributed by atoms with van der Waals surface area (Å²) >= 11 is 0. The van der Waals surface area contributed by atoms with Crippen molar-refractivity contribution in [3.8, 4) is 5.75 Å². The Kier molecular flexibility index (Phi) is 7.38. The molecule has 2 fully saturated rings. The average molecular weight is 549 g/mol. The average Bonchev–Trinajstić information content (AvgIpc) is 3.07. The van der Waals surface area contributed by atoms with Crippen molar-refractivity contribution in [3.63, 3.8) is 0 Å².